The van der Waals surface area contributed by atoms with Gasteiger partial charge in [-0.3, -0.25) is 0 Å². The maximum Gasteiger partial charge on any atom is 0.191 e. The Bertz CT molecular complexity index is 1050. The number of halogens is 2. The number of hydrogen-bond acceptors (Lipinski definition) is 5. The van der Waals surface area contributed by atoms with Crippen LogP contribution in [-0.2, 0) is 7.05 Å². The monoisotopic (exact) mass is 472 g/mol. The van der Waals surface area contributed by atoms with Gasteiger partial charge < -0.3 is 14.2 Å². The molecule has 1 saturated carbocycles. The number of benzene rings is 2. The summed E-state index contributed by atoms with van der Waals surface area (Å²) >= 11 is 1.72. The first kappa shape index (κ1) is 23.7. The molecule has 176 valence electrons. The third-order valence-corrected chi connectivity index (χ3v) is 7.06. The van der Waals surface area contributed by atoms with Crippen molar-refractivity contribution in [2.24, 2.45) is 13.0 Å². The van der Waals surface area contributed by atoms with Crippen molar-refractivity contribution in [3.8, 4) is 17.1 Å². The second-order valence-electron chi connectivity index (χ2n) is 8.52. The van der Waals surface area contributed by atoms with Gasteiger partial charge in [0.05, 0.1) is 0 Å². The van der Waals surface area contributed by atoms with Crippen LogP contribution < -0.4 is 4.74 Å². The summed E-state index contributed by atoms with van der Waals surface area (Å²) in [6, 6.07) is 14.6. The molecule has 5 nitrogen and oxygen atoms in total. The standard InChI is InChI=1S/C25H30F2N4OS/c1-30(17-19-15-21(19)22-16-20(27)9-10-23(22)32-13-11-26)12-6-14-33-25-29-28-24(31(25)2)18-7-4-3-5-8-18/h3-5,7-10,16,19,21H,6,11-15,17H2,1-2H3. The van der Waals surface area contributed by atoms with Gasteiger partial charge in [-0.05, 0) is 56.5 Å². The van der Waals surface area contributed by atoms with Crippen molar-refractivity contribution >= 4 is 11.8 Å². The van der Waals surface area contributed by atoms with E-state index < -0.39 is 6.67 Å². The van der Waals surface area contributed by atoms with Gasteiger partial charge in [0.1, 0.15) is 24.8 Å². The van der Waals surface area contributed by atoms with Crippen LogP contribution in [0.4, 0.5) is 8.78 Å². The van der Waals surface area contributed by atoms with Crippen molar-refractivity contribution < 1.29 is 13.5 Å². The van der Waals surface area contributed by atoms with Crippen LogP contribution >= 0.6 is 11.8 Å². The Kier molecular flexibility index (Phi) is 7.98. The van der Waals surface area contributed by atoms with Gasteiger partial charge in [0.2, 0.25) is 0 Å². The summed E-state index contributed by atoms with van der Waals surface area (Å²) in [5, 5.41) is 9.61. The summed E-state index contributed by atoms with van der Waals surface area (Å²) in [6.07, 6.45) is 2.05. The van der Waals surface area contributed by atoms with Gasteiger partial charge in [-0.1, -0.05) is 42.1 Å². The van der Waals surface area contributed by atoms with E-state index in [1.807, 2.05) is 41.9 Å². The first-order chi connectivity index (χ1) is 16.1. The summed E-state index contributed by atoms with van der Waals surface area (Å²) in [4.78, 5) is 2.33. The highest BCUT2D eigenvalue weighted by molar-refractivity contribution is 7.99. The second kappa shape index (κ2) is 11.1. The number of nitrogens with zero attached hydrogens (tertiary/aromatic N) is 4. The molecule has 1 heterocycles. The molecule has 0 aliphatic heterocycles. The Morgan fingerprint density at radius 1 is 1.18 bits per heavy atom. The fourth-order valence-electron chi connectivity index (χ4n) is 4.19. The topological polar surface area (TPSA) is 43.2 Å². The predicted molar refractivity (Wildman–Crippen MR) is 128 cm³/mol. The normalized spacial score (nSPS) is 17.5. The number of rotatable bonds is 12. The van der Waals surface area contributed by atoms with E-state index in [4.69, 9.17) is 4.74 Å². The maximum atomic E-state index is 13.8. The van der Waals surface area contributed by atoms with Gasteiger partial charge in [-0.25, -0.2) is 8.78 Å². The van der Waals surface area contributed by atoms with Gasteiger partial charge in [-0.2, -0.15) is 0 Å². The summed E-state index contributed by atoms with van der Waals surface area (Å²) in [5.74, 6) is 2.94. The molecule has 1 aromatic heterocycles. The van der Waals surface area contributed by atoms with Crippen LogP contribution in [-0.4, -0.2) is 58.8 Å². The zero-order chi connectivity index (χ0) is 23.2. The van der Waals surface area contributed by atoms with E-state index in [0.717, 1.165) is 53.8 Å². The summed E-state index contributed by atoms with van der Waals surface area (Å²) in [5.41, 5.74) is 1.93. The van der Waals surface area contributed by atoms with Crippen molar-refractivity contribution in [2.75, 3.05) is 39.2 Å². The largest absolute Gasteiger partial charge is 0.491 e. The maximum absolute atomic E-state index is 13.8. The van der Waals surface area contributed by atoms with Crippen molar-refractivity contribution in [1.82, 2.24) is 19.7 Å². The molecule has 2 unspecified atom stereocenters. The Labute approximate surface area is 198 Å². The quantitative estimate of drug-likeness (QED) is 0.268. The number of hydrogen-bond donors (Lipinski definition) is 0. The van der Waals surface area contributed by atoms with Crippen LogP contribution in [0.3, 0.4) is 0 Å². The molecule has 33 heavy (non-hydrogen) atoms. The van der Waals surface area contributed by atoms with E-state index in [1.54, 1.807) is 23.9 Å². The van der Waals surface area contributed by atoms with Crippen LogP contribution in [0, 0.1) is 11.7 Å². The smallest absolute Gasteiger partial charge is 0.191 e. The molecule has 2 atom stereocenters. The van der Waals surface area contributed by atoms with Gasteiger partial charge >= 0.3 is 0 Å². The van der Waals surface area contributed by atoms with Crippen LogP contribution in [0.2, 0.25) is 0 Å². The average Bonchev–Trinajstić information content (AvgIpc) is 3.48. The minimum Gasteiger partial charge on any atom is -0.491 e. The number of aromatic nitrogens is 3. The molecule has 4 rings (SSSR count). The van der Waals surface area contributed by atoms with Crippen LogP contribution in [0.5, 0.6) is 5.75 Å². The molecule has 8 heteroatoms. The van der Waals surface area contributed by atoms with Crippen LogP contribution in [0.1, 0.15) is 24.3 Å². The molecule has 2 aromatic carbocycles. The lowest BCUT2D eigenvalue weighted by Gasteiger charge is -2.17. The lowest BCUT2D eigenvalue weighted by Crippen LogP contribution is -2.23. The molecule has 0 amide bonds. The Hall–Kier alpha value is -2.45. The van der Waals surface area contributed by atoms with Crippen LogP contribution in [0.25, 0.3) is 11.4 Å². The van der Waals surface area contributed by atoms with Gasteiger partial charge in [0, 0.05) is 30.5 Å². The Morgan fingerprint density at radius 2 is 2.00 bits per heavy atom. The molecular formula is C25H30F2N4OS. The predicted octanol–water partition coefficient (Wildman–Crippen LogP) is 5.19. The van der Waals surface area contributed by atoms with Gasteiger partial charge in [0.25, 0.3) is 0 Å². The van der Waals surface area contributed by atoms with Crippen molar-refractivity contribution in [3.63, 3.8) is 0 Å². The van der Waals surface area contributed by atoms with Gasteiger partial charge in [-0.15, -0.1) is 10.2 Å². The molecule has 0 N–H and O–H groups in total. The molecule has 0 radical (unpaired) electrons. The number of thioether (sulfide) groups is 1. The number of alkyl halides is 1. The summed E-state index contributed by atoms with van der Waals surface area (Å²) in [6.45, 7) is 1.39. The molecule has 0 saturated heterocycles. The Morgan fingerprint density at radius 3 is 2.79 bits per heavy atom. The molecule has 1 fully saturated rings. The molecule has 1 aliphatic rings. The highest BCUT2D eigenvalue weighted by Gasteiger charge is 2.40. The molecule has 0 spiro atoms. The first-order valence-corrected chi connectivity index (χ1v) is 12.3. The lowest BCUT2D eigenvalue weighted by atomic mass is 10.1. The molecule has 3 aromatic rings. The minimum atomic E-state index is -0.548. The molecule has 1 aliphatic carbocycles. The molecule has 0 bridgehead atoms. The van der Waals surface area contributed by atoms with E-state index in [2.05, 4.69) is 22.1 Å². The van der Waals surface area contributed by atoms with E-state index >= 15 is 0 Å². The minimum absolute atomic E-state index is 0.00590. The zero-order valence-electron chi connectivity index (χ0n) is 19.1. The third kappa shape index (κ3) is 6.12. The van der Waals surface area contributed by atoms with E-state index in [9.17, 15) is 8.78 Å². The van der Waals surface area contributed by atoms with Gasteiger partial charge in [0.15, 0.2) is 11.0 Å². The fourth-order valence-corrected chi connectivity index (χ4v) is 5.02. The first-order valence-electron chi connectivity index (χ1n) is 11.3. The van der Waals surface area contributed by atoms with E-state index in [-0.39, 0.29) is 18.3 Å². The number of ether oxygens (including phenoxy) is 1. The Balaban J connectivity index is 1.21. The van der Waals surface area contributed by atoms with E-state index in [1.165, 1.54) is 6.07 Å². The SMILES string of the molecule is CN(CCCSc1nnc(-c2ccccc2)n1C)CC1CC1c1cc(F)ccc1OCCF. The van der Waals surface area contributed by atoms with Crippen LogP contribution in [0.15, 0.2) is 53.7 Å². The second-order valence-corrected chi connectivity index (χ2v) is 9.58. The fraction of sp³-hybridized carbons (Fsp3) is 0.440. The average molecular weight is 473 g/mol. The summed E-state index contributed by atoms with van der Waals surface area (Å²) in [7, 11) is 4.13. The highest BCUT2D eigenvalue weighted by atomic mass is 32.2. The molecular weight excluding hydrogens is 442 g/mol. The summed E-state index contributed by atoms with van der Waals surface area (Å²) < 4.78 is 33.8. The van der Waals surface area contributed by atoms with Crippen molar-refractivity contribution in [3.05, 3.63) is 59.9 Å². The lowest BCUT2D eigenvalue weighted by molar-refractivity contribution is 0.270. The third-order valence-electron chi connectivity index (χ3n) is 5.96. The highest BCUT2D eigenvalue weighted by Crippen LogP contribution is 2.50. The van der Waals surface area contributed by atoms with Crippen molar-refractivity contribution in [1.29, 1.82) is 0 Å². The van der Waals surface area contributed by atoms with E-state index in [0.29, 0.717) is 11.7 Å². The van der Waals surface area contributed by atoms with Crippen molar-refractivity contribution in [2.45, 2.75) is 23.9 Å². The zero-order valence-corrected chi connectivity index (χ0v) is 19.9.